The average molecular weight is 476 g/mol. The number of amides is 1. The number of nitriles is 1. The number of hydrogen-bond donors (Lipinski definition) is 3. The fourth-order valence-electron chi connectivity index (χ4n) is 4.72. The molecular formula is C26H25N3O4S. The maximum atomic E-state index is 13.4. The monoisotopic (exact) mass is 475 g/mol. The summed E-state index contributed by atoms with van der Waals surface area (Å²) in [7, 11) is 0. The third kappa shape index (κ3) is 5.00. The Kier molecular flexibility index (Phi) is 7.03. The second-order valence-corrected chi connectivity index (χ2v) is 9.74. The number of aliphatic carboxylic acids is 1. The number of thioether (sulfide) groups is 1. The van der Waals surface area contributed by atoms with Crippen molar-refractivity contribution in [1.29, 1.82) is 5.26 Å². The smallest absolute Gasteiger partial charge is 0.326 e. The Morgan fingerprint density at radius 1 is 1.26 bits per heavy atom. The molecule has 0 spiro atoms. The number of fused-ring (bicyclic) bond motifs is 2. The highest BCUT2D eigenvalue weighted by Gasteiger charge is 2.36. The Morgan fingerprint density at radius 3 is 2.79 bits per heavy atom. The highest BCUT2D eigenvalue weighted by molar-refractivity contribution is 8.13. The molecule has 3 unspecified atom stereocenters. The topological polar surface area (TPSA) is 123 Å². The van der Waals surface area contributed by atoms with E-state index in [1.165, 1.54) is 6.92 Å². The molecule has 4 rings (SSSR count). The highest BCUT2D eigenvalue weighted by atomic mass is 32.2. The number of nitrogens with zero attached hydrogens (tertiary/aromatic N) is 1. The van der Waals surface area contributed by atoms with Gasteiger partial charge in [0, 0.05) is 36.2 Å². The summed E-state index contributed by atoms with van der Waals surface area (Å²) in [4.78, 5) is 40.3. The molecule has 8 heteroatoms. The van der Waals surface area contributed by atoms with Gasteiger partial charge in [-0.1, -0.05) is 36.0 Å². The second-order valence-electron chi connectivity index (χ2n) is 8.54. The first-order valence-electron chi connectivity index (χ1n) is 11.1. The van der Waals surface area contributed by atoms with Crippen LogP contribution in [0.5, 0.6) is 0 Å². The second kappa shape index (κ2) is 10.1. The van der Waals surface area contributed by atoms with Crippen molar-refractivity contribution in [3.05, 3.63) is 70.9 Å². The Morgan fingerprint density at radius 2 is 2.06 bits per heavy atom. The number of aromatic amines is 1. The molecule has 174 valence electrons. The van der Waals surface area contributed by atoms with Crippen LogP contribution in [0.3, 0.4) is 0 Å². The minimum Gasteiger partial charge on any atom is -0.480 e. The van der Waals surface area contributed by atoms with Crippen molar-refractivity contribution in [3.63, 3.8) is 0 Å². The van der Waals surface area contributed by atoms with E-state index >= 15 is 0 Å². The quantitative estimate of drug-likeness (QED) is 0.456. The van der Waals surface area contributed by atoms with E-state index in [2.05, 4.69) is 16.4 Å². The standard InChI is InChI=1S/C26H25N3O4S/c1-15(30)34-14-22(21-9-7-17-10-16(12-27)6-8-19(17)21)25(31)29-24(26(32)33)11-18-13-28-23-5-3-2-4-20(18)23/h2-6,8,10,13,21-22,24,28H,7,9,11,14H2,1H3,(H,29,31)(H,32,33). The number of carboxylic acids is 1. The van der Waals surface area contributed by atoms with Crippen LogP contribution in [0.1, 0.15) is 41.5 Å². The Hall–Kier alpha value is -3.57. The van der Waals surface area contributed by atoms with E-state index in [-0.39, 0.29) is 29.1 Å². The van der Waals surface area contributed by atoms with Gasteiger partial charge in [0.15, 0.2) is 5.12 Å². The number of carbonyl (C=O) groups is 3. The largest absolute Gasteiger partial charge is 0.480 e. The maximum Gasteiger partial charge on any atom is 0.326 e. The van der Waals surface area contributed by atoms with Gasteiger partial charge in [0.05, 0.1) is 17.6 Å². The number of nitrogens with one attached hydrogen (secondary N) is 2. The van der Waals surface area contributed by atoms with Crippen molar-refractivity contribution in [2.45, 2.75) is 38.1 Å². The summed E-state index contributed by atoms with van der Waals surface area (Å²) in [6.45, 7) is 1.46. The number of para-hydroxylation sites is 1. The van der Waals surface area contributed by atoms with Crippen molar-refractivity contribution in [2.24, 2.45) is 5.92 Å². The van der Waals surface area contributed by atoms with Crippen molar-refractivity contribution >= 4 is 39.7 Å². The van der Waals surface area contributed by atoms with Gasteiger partial charge < -0.3 is 15.4 Å². The fourth-order valence-corrected chi connectivity index (χ4v) is 5.52. The zero-order valence-electron chi connectivity index (χ0n) is 18.7. The van der Waals surface area contributed by atoms with Gasteiger partial charge in [0.25, 0.3) is 0 Å². The van der Waals surface area contributed by atoms with Crippen LogP contribution in [0, 0.1) is 17.2 Å². The van der Waals surface area contributed by atoms with Crippen LogP contribution >= 0.6 is 11.8 Å². The molecule has 3 N–H and O–H groups in total. The lowest BCUT2D eigenvalue weighted by atomic mass is 9.87. The number of carboxylic acid groups (broad SMARTS) is 1. The number of hydrogen-bond acceptors (Lipinski definition) is 5. The Bertz CT molecular complexity index is 1290. The zero-order valence-corrected chi connectivity index (χ0v) is 19.5. The Labute approximate surface area is 201 Å². The third-order valence-corrected chi connectivity index (χ3v) is 7.33. The summed E-state index contributed by atoms with van der Waals surface area (Å²) in [5.74, 6) is -1.92. The number of aryl methyl sites for hydroxylation is 1. The van der Waals surface area contributed by atoms with Crippen LogP contribution in [0.2, 0.25) is 0 Å². The number of carbonyl (C=O) groups excluding carboxylic acids is 2. The molecule has 7 nitrogen and oxygen atoms in total. The fraction of sp³-hybridized carbons (Fsp3) is 0.308. The van der Waals surface area contributed by atoms with E-state index in [0.29, 0.717) is 12.0 Å². The predicted molar refractivity (Wildman–Crippen MR) is 130 cm³/mol. The first-order chi connectivity index (χ1) is 16.4. The van der Waals surface area contributed by atoms with Crippen LogP contribution < -0.4 is 5.32 Å². The number of benzene rings is 2. The van der Waals surface area contributed by atoms with E-state index in [4.69, 9.17) is 0 Å². The molecule has 1 aliphatic rings. The normalized spacial score (nSPS) is 16.4. The van der Waals surface area contributed by atoms with Crippen LogP contribution in [0.15, 0.2) is 48.7 Å². The van der Waals surface area contributed by atoms with Gasteiger partial charge in [-0.2, -0.15) is 5.26 Å². The summed E-state index contributed by atoms with van der Waals surface area (Å²) in [6.07, 6.45) is 3.36. The highest BCUT2D eigenvalue weighted by Crippen LogP contribution is 2.40. The molecule has 0 radical (unpaired) electrons. The summed E-state index contributed by atoms with van der Waals surface area (Å²) < 4.78 is 0. The van der Waals surface area contributed by atoms with Gasteiger partial charge in [-0.25, -0.2) is 4.79 Å². The van der Waals surface area contributed by atoms with Crippen molar-refractivity contribution < 1.29 is 19.5 Å². The van der Waals surface area contributed by atoms with E-state index < -0.39 is 17.9 Å². The summed E-state index contributed by atoms with van der Waals surface area (Å²) in [5, 5.41) is 22.6. The van der Waals surface area contributed by atoms with E-state index in [0.717, 1.165) is 45.8 Å². The van der Waals surface area contributed by atoms with Crippen molar-refractivity contribution in [2.75, 3.05) is 5.75 Å². The molecule has 3 aromatic rings. The van der Waals surface area contributed by atoms with Gasteiger partial charge in [0.2, 0.25) is 5.91 Å². The first-order valence-corrected chi connectivity index (χ1v) is 12.1. The maximum absolute atomic E-state index is 13.4. The van der Waals surface area contributed by atoms with Gasteiger partial charge >= 0.3 is 5.97 Å². The SMILES string of the molecule is CC(=O)SCC(C(=O)NC(Cc1c[nH]c2ccccc12)C(=O)O)C1CCc2cc(C#N)ccc21. The number of rotatable bonds is 8. The van der Waals surface area contributed by atoms with E-state index in [1.807, 2.05) is 36.4 Å². The van der Waals surface area contributed by atoms with Crippen LogP contribution in [0.4, 0.5) is 0 Å². The molecule has 1 amide bonds. The molecule has 34 heavy (non-hydrogen) atoms. The minimum absolute atomic E-state index is 0.0931. The van der Waals surface area contributed by atoms with Crippen LogP contribution in [0.25, 0.3) is 10.9 Å². The molecular weight excluding hydrogens is 450 g/mol. The molecule has 1 heterocycles. The molecule has 0 aliphatic heterocycles. The molecule has 0 fully saturated rings. The van der Waals surface area contributed by atoms with E-state index in [1.54, 1.807) is 12.3 Å². The van der Waals surface area contributed by atoms with Gasteiger partial charge in [0.1, 0.15) is 6.04 Å². The van der Waals surface area contributed by atoms with Gasteiger partial charge in [-0.05, 0) is 53.6 Å². The lowest BCUT2D eigenvalue weighted by molar-refractivity contribution is -0.142. The van der Waals surface area contributed by atoms with Crippen molar-refractivity contribution in [1.82, 2.24) is 10.3 Å². The first kappa shape index (κ1) is 23.6. The number of aromatic nitrogens is 1. The minimum atomic E-state index is -1.11. The summed E-state index contributed by atoms with van der Waals surface area (Å²) in [6, 6.07) is 14.1. The van der Waals surface area contributed by atoms with Crippen molar-refractivity contribution in [3.8, 4) is 6.07 Å². The third-order valence-electron chi connectivity index (χ3n) is 6.40. The summed E-state index contributed by atoms with van der Waals surface area (Å²) >= 11 is 1.08. The van der Waals surface area contributed by atoms with Gasteiger partial charge in [-0.3, -0.25) is 9.59 Å². The summed E-state index contributed by atoms with van der Waals surface area (Å²) in [5.41, 5.74) is 4.31. The molecule has 1 aromatic heterocycles. The molecule has 3 atom stereocenters. The zero-order chi connectivity index (χ0) is 24.2. The lowest BCUT2D eigenvalue weighted by Crippen LogP contribution is -2.46. The average Bonchev–Trinajstić information content (AvgIpc) is 3.42. The Balaban J connectivity index is 1.57. The molecule has 1 aliphatic carbocycles. The van der Waals surface area contributed by atoms with Gasteiger partial charge in [-0.15, -0.1) is 0 Å². The van der Waals surface area contributed by atoms with Crippen LogP contribution in [-0.2, 0) is 27.2 Å². The molecule has 2 aromatic carbocycles. The lowest BCUT2D eigenvalue weighted by Gasteiger charge is -2.25. The number of H-pyrrole nitrogens is 1. The predicted octanol–water partition coefficient (Wildman–Crippen LogP) is 3.78. The molecule has 0 saturated heterocycles. The van der Waals surface area contributed by atoms with Crippen LogP contribution in [-0.4, -0.2) is 38.9 Å². The van der Waals surface area contributed by atoms with E-state index in [9.17, 15) is 24.8 Å². The molecule has 0 bridgehead atoms. The molecule has 0 saturated carbocycles.